The highest BCUT2D eigenvalue weighted by molar-refractivity contribution is 6.00. The molecule has 0 bridgehead atoms. The summed E-state index contributed by atoms with van der Waals surface area (Å²) in [6, 6.07) is 20.4. The summed E-state index contributed by atoms with van der Waals surface area (Å²) in [5.74, 6) is -0.934. The average Bonchev–Trinajstić information content (AvgIpc) is 3.64. The number of benzene rings is 3. The Morgan fingerprint density at radius 3 is 2.39 bits per heavy atom. The highest BCUT2D eigenvalue weighted by Gasteiger charge is 2.23. The van der Waals surface area contributed by atoms with Gasteiger partial charge < -0.3 is 25.6 Å². The highest BCUT2D eigenvalue weighted by atomic mass is 19.1. The molecular weight excluding hydrogens is 708 g/mol. The molecule has 2 aliphatic heterocycles. The van der Waals surface area contributed by atoms with Crippen molar-refractivity contribution in [2.24, 2.45) is 0 Å². The van der Waals surface area contributed by atoms with E-state index in [2.05, 4.69) is 63.9 Å². The largest absolute Gasteiger partial charge is 0.381 e. The maximum Gasteiger partial charge on any atom is 0.251 e. The Morgan fingerprint density at radius 1 is 0.911 bits per heavy atom. The van der Waals surface area contributed by atoms with Crippen molar-refractivity contribution in [1.29, 1.82) is 0 Å². The topological polar surface area (TPSA) is 117 Å². The third kappa shape index (κ3) is 8.93. The average molecular weight is 761 g/mol. The van der Waals surface area contributed by atoms with Crippen molar-refractivity contribution in [3.63, 3.8) is 0 Å². The lowest BCUT2D eigenvalue weighted by Crippen LogP contribution is -2.49. The summed E-state index contributed by atoms with van der Waals surface area (Å²) in [5, 5.41) is 15.3. The standard InChI is InChI=1S/C44H53FN8O3/c1-5-40-37(41(49-35-15-19-56-20-16-35)38-26-48-53(6-2)42(38)50-40)25-47-44(55)34-12-8-11-33(23-34)43(54)46-24-30-13-14-39(45)36(22-30)32-10-7-9-31(21-32)28-52-18-17-51(4)29(3)27-52/h7-14,21-23,26,29,35H,5-6,15-20,24-25,27-28H2,1-4H3,(H,46,54)(H,47,55)(H,49,50)/t29-/m0/s1. The maximum absolute atomic E-state index is 15.2. The van der Waals surface area contributed by atoms with E-state index in [4.69, 9.17) is 9.72 Å². The van der Waals surface area contributed by atoms with Gasteiger partial charge in [0.2, 0.25) is 0 Å². The number of nitrogens with one attached hydrogen (secondary N) is 3. The van der Waals surface area contributed by atoms with E-state index in [9.17, 15) is 9.59 Å². The molecule has 294 valence electrons. The van der Waals surface area contributed by atoms with Crippen molar-refractivity contribution >= 4 is 28.5 Å². The molecule has 2 aromatic heterocycles. The van der Waals surface area contributed by atoms with Crippen molar-refractivity contribution in [1.82, 2.24) is 35.2 Å². The fourth-order valence-electron chi connectivity index (χ4n) is 7.72. The summed E-state index contributed by atoms with van der Waals surface area (Å²) in [7, 11) is 2.16. The van der Waals surface area contributed by atoms with E-state index >= 15 is 4.39 Å². The first-order valence-electron chi connectivity index (χ1n) is 19.9. The van der Waals surface area contributed by atoms with Crippen LogP contribution < -0.4 is 16.0 Å². The predicted molar refractivity (Wildman–Crippen MR) is 218 cm³/mol. The van der Waals surface area contributed by atoms with Gasteiger partial charge in [0.1, 0.15) is 5.82 Å². The lowest BCUT2D eigenvalue weighted by molar-refractivity contribution is 0.0904. The second-order valence-corrected chi connectivity index (χ2v) is 15.0. The van der Waals surface area contributed by atoms with Gasteiger partial charge in [-0.1, -0.05) is 37.3 Å². The van der Waals surface area contributed by atoms with E-state index in [1.54, 1.807) is 36.4 Å². The Balaban J connectivity index is 1.01. The molecule has 56 heavy (non-hydrogen) atoms. The summed E-state index contributed by atoms with van der Waals surface area (Å²) >= 11 is 0. The second kappa shape index (κ2) is 17.7. The Bertz CT molecular complexity index is 2180. The molecule has 0 unspecified atom stereocenters. The van der Waals surface area contributed by atoms with Crippen LogP contribution in [0.25, 0.3) is 22.2 Å². The van der Waals surface area contributed by atoms with Crippen LogP contribution in [0.1, 0.15) is 76.7 Å². The number of hydrogen-bond donors (Lipinski definition) is 3. The van der Waals surface area contributed by atoms with Crippen LogP contribution in [-0.4, -0.2) is 88.4 Å². The smallest absolute Gasteiger partial charge is 0.251 e. The van der Waals surface area contributed by atoms with Crippen LogP contribution in [0.4, 0.5) is 10.1 Å². The maximum atomic E-state index is 15.2. The third-order valence-electron chi connectivity index (χ3n) is 11.2. The third-order valence-corrected chi connectivity index (χ3v) is 11.2. The molecule has 0 saturated carbocycles. The molecule has 7 rings (SSSR count). The number of anilines is 1. The zero-order valence-corrected chi connectivity index (χ0v) is 32.9. The van der Waals surface area contributed by atoms with Crippen molar-refractivity contribution in [3.8, 4) is 11.1 Å². The van der Waals surface area contributed by atoms with Gasteiger partial charge in [-0.25, -0.2) is 14.1 Å². The van der Waals surface area contributed by atoms with Gasteiger partial charge >= 0.3 is 0 Å². The van der Waals surface area contributed by atoms with Crippen LogP contribution in [0.15, 0.2) is 72.9 Å². The first-order valence-corrected chi connectivity index (χ1v) is 19.9. The molecule has 2 fully saturated rings. The van der Waals surface area contributed by atoms with E-state index < -0.39 is 0 Å². The lowest BCUT2D eigenvalue weighted by atomic mass is 10.00. The number of pyridine rings is 1. The monoisotopic (exact) mass is 760 g/mol. The van der Waals surface area contributed by atoms with Crippen molar-refractivity contribution in [2.75, 3.05) is 45.2 Å². The lowest BCUT2D eigenvalue weighted by Gasteiger charge is -2.37. The van der Waals surface area contributed by atoms with Gasteiger partial charge in [-0.2, -0.15) is 5.10 Å². The van der Waals surface area contributed by atoms with Gasteiger partial charge in [0.25, 0.3) is 11.8 Å². The number of carbonyl (C=O) groups is 2. The van der Waals surface area contributed by atoms with Crippen molar-refractivity contribution in [2.45, 2.75) is 78.3 Å². The summed E-state index contributed by atoms with van der Waals surface area (Å²) in [5.41, 5.74) is 7.54. The number of hydrogen-bond acceptors (Lipinski definition) is 8. The van der Waals surface area contributed by atoms with E-state index in [-0.39, 0.29) is 36.8 Å². The molecule has 3 aromatic carbocycles. The van der Waals surface area contributed by atoms with Gasteiger partial charge in [0, 0.05) is 99.1 Å². The van der Waals surface area contributed by atoms with Crippen LogP contribution in [0.2, 0.25) is 0 Å². The second-order valence-electron chi connectivity index (χ2n) is 15.0. The van der Waals surface area contributed by atoms with Crippen LogP contribution in [0, 0.1) is 5.82 Å². The van der Waals surface area contributed by atoms with Crippen LogP contribution in [0.5, 0.6) is 0 Å². The molecule has 2 saturated heterocycles. The Morgan fingerprint density at radius 2 is 1.66 bits per heavy atom. The minimum absolute atomic E-state index is 0.203. The van der Waals surface area contributed by atoms with Gasteiger partial charge in [-0.15, -0.1) is 0 Å². The van der Waals surface area contributed by atoms with Gasteiger partial charge in [0.05, 0.1) is 17.3 Å². The van der Waals surface area contributed by atoms with Gasteiger partial charge in [-0.05, 0) is 93.2 Å². The normalized spacial score (nSPS) is 16.9. The highest BCUT2D eigenvalue weighted by Crippen LogP contribution is 2.31. The molecule has 12 heteroatoms. The van der Waals surface area contributed by atoms with Gasteiger partial charge in [0.15, 0.2) is 5.65 Å². The number of aryl methyl sites for hydroxylation is 2. The zero-order chi connectivity index (χ0) is 39.2. The predicted octanol–water partition coefficient (Wildman–Crippen LogP) is 6.41. The first kappa shape index (κ1) is 39.1. The first-order chi connectivity index (χ1) is 27.2. The van der Waals surface area contributed by atoms with Crippen LogP contribution in [-0.2, 0) is 37.3 Å². The summed E-state index contributed by atoms with van der Waals surface area (Å²) < 4.78 is 22.7. The molecule has 0 aliphatic carbocycles. The Labute approximate surface area is 328 Å². The molecule has 3 N–H and O–H groups in total. The number of nitrogens with zero attached hydrogens (tertiary/aromatic N) is 5. The summed E-state index contributed by atoms with van der Waals surface area (Å²) in [6.45, 7) is 12.7. The van der Waals surface area contributed by atoms with E-state index in [1.165, 1.54) is 6.07 Å². The minimum atomic E-state index is -0.326. The van der Waals surface area contributed by atoms with Crippen molar-refractivity contribution in [3.05, 3.63) is 112 Å². The van der Waals surface area contributed by atoms with Gasteiger partial charge in [-0.3, -0.25) is 14.5 Å². The van der Waals surface area contributed by atoms with Crippen LogP contribution >= 0.6 is 0 Å². The molecule has 2 amide bonds. The zero-order valence-electron chi connectivity index (χ0n) is 32.9. The Hall–Kier alpha value is -5.17. The van der Waals surface area contributed by atoms with E-state index in [1.807, 2.05) is 29.9 Å². The number of likely N-dealkylation sites (N-methyl/N-ethyl adjacent to an activating group) is 1. The van der Waals surface area contributed by atoms with Crippen LogP contribution in [0.3, 0.4) is 0 Å². The molecule has 1 atom stereocenters. The fourth-order valence-corrected chi connectivity index (χ4v) is 7.72. The molecule has 5 aromatic rings. The number of carbonyl (C=O) groups excluding carboxylic acids is 2. The minimum Gasteiger partial charge on any atom is -0.381 e. The molecule has 0 spiro atoms. The van der Waals surface area contributed by atoms with E-state index in [0.29, 0.717) is 48.9 Å². The van der Waals surface area contributed by atoms with Crippen molar-refractivity contribution < 1.29 is 18.7 Å². The molecule has 2 aliphatic rings. The summed E-state index contributed by atoms with van der Waals surface area (Å²) in [4.78, 5) is 36.8. The number of amides is 2. The number of halogens is 1. The number of ether oxygens (including phenoxy) is 1. The molecule has 4 heterocycles. The Kier molecular flexibility index (Phi) is 12.4. The SMILES string of the molecule is CCc1nc2c(cnn2CC)c(NC2CCOCC2)c1CNC(=O)c1cccc(C(=O)NCc2ccc(F)c(-c3cccc(CN4CCN(C)[C@@H](C)C4)c3)c2)c1. The number of fused-ring (bicyclic) bond motifs is 1. The summed E-state index contributed by atoms with van der Waals surface area (Å²) in [6.07, 6.45) is 4.31. The molecule has 11 nitrogen and oxygen atoms in total. The molecule has 0 radical (unpaired) electrons. The number of aromatic nitrogens is 3. The number of rotatable bonds is 13. The fraction of sp³-hybridized carbons (Fsp3) is 0.409. The number of piperazine rings is 1. The quantitative estimate of drug-likeness (QED) is 0.126. The van der Waals surface area contributed by atoms with E-state index in [0.717, 1.165) is 83.7 Å². The molecular formula is C44H53FN8O3.